The highest BCUT2D eigenvalue weighted by Gasteiger charge is 2.34. The number of nitrogens with one attached hydrogen (secondary N) is 2. The number of carbonyl (C=O) groups excluding carboxylic acids is 1. The van der Waals surface area contributed by atoms with Gasteiger partial charge in [0, 0.05) is 26.1 Å². The van der Waals surface area contributed by atoms with Gasteiger partial charge in [0.1, 0.15) is 5.60 Å². The fourth-order valence-corrected chi connectivity index (χ4v) is 1.99. The zero-order chi connectivity index (χ0) is 12.8. The van der Waals surface area contributed by atoms with Gasteiger partial charge in [0.05, 0.1) is 0 Å². The van der Waals surface area contributed by atoms with Crippen LogP contribution < -0.4 is 10.6 Å². The van der Waals surface area contributed by atoms with Gasteiger partial charge in [-0.1, -0.05) is 30.3 Å². The van der Waals surface area contributed by atoms with E-state index in [2.05, 4.69) is 22.8 Å². The molecule has 1 amide bonds. The van der Waals surface area contributed by atoms with Crippen LogP contribution in [0.2, 0.25) is 0 Å². The van der Waals surface area contributed by atoms with Crippen LogP contribution in [0.3, 0.4) is 0 Å². The molecular weight excluding hydrogens is 228 g/mol. The summed E-state index contributed by atoms with van der Waals surface area (Å²) < 4.78 is 0. The third-order valence-corrected chi connectivity index (χ3v) is 3.23. The molecule has 1 saturated heterocycles. The van der Waals surface area contributed by atoms with Gasteiger partial charge in [-0.3, -0.25) is 4.79 Å². The molecule has 1 aromatic rings. The van der Waals surface area contributed by atoms with E-state index in [1.165, 1.54) is 5.56 Å². The molecule has 0 saturated carbocycles. The van der Waals surface area contributed by atoms with Crippen molar-refractivity contribution in [3.8, 4) is 0 Å². The molecule has 0 aromatic heterocycles. The summed E-state index contributed by atoms with van der Waals surface area (Å²) in [6.07, 6.45) is 2.27. The molecule has 4 nitrogen and oxygen atoms in total. The Morgan fingerprint density at radius 3 is 2.67 bits per heavy atom. The van der Waals surface area contributed by atoms with Crippen molar-refractivity contribution in [2.45, 2.75) is 24.9 Å². The number of rotatable bonds is 6. The fourth-order valence-electron chi connectivity index (χ4n) is 1.99. The van der Waals surface area contributed by atoms with Crippen molar-refractivity contribution in [2.24, 2.45) is 0 Å². The number of hydrogen-bond donors (Lipinski definition) is 3. The molecule has 1 heterocycles. The summed E-state index contributed by atoms with van der Waals surface area (Å²) in [6.45, 7) is 1.48. The van der Waals surface area contributed by atoms with Crippen LogP contribution in [0.15, 0.2) is 30.3 Å². The van der Waals surface area contributed by atoms with E-state index >= 15 is 0 Å². The van der Waals surface area contributed by atoms with Crippen LogP contribution in [0.25, 0.3) is 0 Å². The first kappa shape index (κ1) is 13.1. The van der Waals surface area contributed by atoms with Gasteiger partial charge >= 0.3 is 0 Å². The third-order valence-electron chi connectivity index (χ3n) is 3.23. The van der Waals surface area contributed by atoms with Gasteiger partial charge in [0.25, 0.3) is 0 Å². The first-order valence-electron chi connectivity index (χ1n) is 6.42. The Morgan fingerprint density at radius 2 is 2.06 bits per heavy atom. The molecule has 0 bridgehead atoms. The predicted molar refractivity (Wildman–Crippen MR) is 70.2 cm³/mol. The predicted octanol–water partition coefficient (Wildman–Crippen LogP) is 0.460. The number of benzene rings is 1. The minimum atomic E-state index is -0.727. The van der Waals surface area contributed by atoms with Crippen molar-refractivity contribution < 1.29 is 9.90 Å². The molecule has 1 aliphatic rings. The zero-order valence-corrected chi connectivity index (χ0v) is 10.5. The van der Waals surface area contributed by atoms with Gasteiger partial charge < -0.3 is 15.7 Å². The second kappa shape index (κ2) is 5.98. The first-order valence-corrected chi connectivity index (χ1v) is 6.42. The van der Waals surface area contributed by atoms with E-state index in [-0.39, 0.29) is 5.91 Å². The van der Waals surface area contributed by atoms with E-state index < -0.39 is 5.60 Å². The number of aliphatic hydroxyl groups is 1. The Labute approximate surface area is 107 Å². The maximum Gasteiger partial charge on any atom is 0.220 e. The van der Waals surface area contributed by atoms with Gasteiger partial charge in [0.15, 0.2) is 0 Å². The topological polar surface area (TPSA) is 61.4 Å². The largest absolute Gasteiger partial charge is 0.385 e. The Bertz CT molecular complexity index is 388. The number of hydrogen-bond acceptors (Lipinski definition) is 3. The summed E-state index contributed by atoms with van der Waals surface area (Å²) in [5.41, 5.74) is 0.530. The molecule has 98 valence electrons. The van der Waals surface area contributed by atoms with Crippen molar-refractivity contribution in [3.05, 3.63) is 35.9 Å². The number of aryl methyl sites for hydroxylation is 1. The van der Waals surface area contributed by atoms with E-state index in [0.717, 1.165) is 12.8 Å². The number of amides is 1. The molecule has 4 heteroatoms. The van der Waals surface area contributed by atoms with Crippen LogP contribution in [-0.4, -0.2) is 36.2 Å². The lowest BCUT2D eigenvalue weighted by Gasteiger charge is -2.37. The number of carbonyl (C=O) groups is 1. The van der Waals surface area contributed by atoms with E-state index in [1.54, 1.807) is 0 Å². The minimum Gasteiger partial charge on any atom is -0.385 e. The van der Waals surface area contributed by atoms with Gasteiger partial charge in [-0.25, -0.2) is 0 Å². The molecular formula is C14H20N2O2. The lowest BCUT2D eigenvalue weighted by Crippen LogP contribution is -2.64. The standard InChI is InChI=1S/C14H20N2O2/c17-13(16-11-14(18)9-15-10-14)8-4-7-12-5-2-1-3-6-12/h1-3,5-6,15,18H,4,7-11H2,(H,16,17). The molecule has 0 unspecified atom stereocenters. The zero-order valence-electron chi connectivity index (χ0n) is 10.5. The molecule has 1 aromatic carbocycles. The number of β-amino-alcohol motifs (C(OH)–C–C–N with tert-alkyl or cyclic N) is 1. The summed E-state index contributed by atoms with van der Waals surface area (Å²) in [5, 5.41) is 15.6. The molecule has 1 aliphatic heterocycles. The SMILES string of the molecule is O=C(CCCc1ccccc1)NCC1(O)CNC1. The van der Waals surface area contributed by atoms with Crippen LogP contribution in [0.5, 0.6) is 0 Å². The van der Waals surface area contributed by atoms with Gasteiger partial charge in [-0.05, 0) is 18.4 Å². The highest BCUT2D eigenvalue weighted by molar-refractivity contribution is 5.75. The quantitative estimate of drug-likeness (QED) is 0.685. The summed E-state index contributed by atoms with van der Waals surface area (Å²) in [5.74, 6) is 0.0197. The molecule has 1 fully saturated rings. The Kier molecular flexibility index (Phi) is 4.33. The van der Waals surface area contributed by atoms with Crippen LogP contribution >= 0.6 is 0 Å². The average Bonchev–Trinajstić information content (AvgIpc) is 2.35. The maximum atomic E-state index is 11.6. The molecule has 18 heavy (non-hydrogen) atoms. The monoisotopic (exact) mass is 248 g/mol. The molecule has 0 atom stereocenters. The molecule has 0 spiro atoms. The summed E-state index contributed by atoms with van der Waals surface area (Å²) in [6, 6.07) is 10.1. The van der Waals surface area contributed by atoms with E-state index in [4.69, 9.17) is 0 Å². The Hall–Kier alpha value is -1.39. The van der Waals surface area contributed by atoms with Gasteiger partial charge in [-0.15, -0.1) is 0 Å². The van der Waals surface area contributed by atoms with Crippen LogP contribution in [0, 0.1) is 0 Å². The minimum absolute atomic E-state index is 0.0197. The van der Waals surface area contributed by atoms with Crippen LogP contribution in [-0.2, 0) is 11.2 Å². The second-order valence-corrected chi connectivity index (χ2v) is 4.94. The van der Waals surface area contributed by atoms with Crippen molar-refractivity contribution in [1.29, 1.82) is 0 Å². The smallest absolute Gasteiger partial charge is 0.220 e. The van der Waals surface area contributed by atoms with E-state index in [0.29, 0.717) is 26.1 Å². The highest BCUT2D eigenvalue weighted by Crippen LogP contribution is 2.08. The van der Waals surface area contributed by atoms with Crippen molar-refractivity contribution in [1.82, 2.24) is 10.6 Å². The van der Waals surface area contributed by atoms with Gasteiger partial charge in [-0.2, -0.15) is 0 Å². The maximum absolute atomic E-state index is 11.6. The van der Waals surface area contributed by atoms with Crippen LogP contribution in [0.1, 0.15) is 18.4 Å². The summed E-state index contributed by atoms with van der Waals surface area (Å²) in [4.78, 5) is 11.6. The first-order chi connectivity index (χ1) is 8.68. The van der Waals surface area contributed by atoms with Crippen molar-refractivity contribution in [2.75, 3.05) is 19.6 Å². The normalized spacial score (nSPS) is 16.9. The fraction of sp³-hybridized carbons (Fsp3) is 0.500. The van der Waals surface area contributed by atoms with E-state index in [1.807, 2.05) is 18.2 Å². The summed E-state index contributed by atoms with van der Waals surface area (Å²) in [7, 11) is 0. The van der Waals surface area contributed by atoms with E-state index in [9.17, 15) is 9.90 Å². The molecule has 2 rings (SSSR count). The Morgan fingerprint density at radius 1 is 1.33 bits per heavy atom. The lowest BCUT2D eigenvalue weighted by atomic mass is 9.97. The summed E-state index contributed by atoms with van der Waals surface area (Å²) >= 11 is 0. The second-order valence-electron chi connectivity index (χ2n) is 4.94. The van der Waals surface area contributed by atoms with Crippen molar-refractivity contribution >= 4 is 5.91 Å². The van der Waals surface area contributed by atoms with Gasteiger partial charge in [0.2, 0.25) is 5.91 Å². The highest BCUT2D eigenvalue weighted by atomic mass is 16.3. The third kappa shape index (κ3) is 3.82. The van der Waals surface area contributed by atoms with Crippen LogP contribution in [0.4, 0.5) is 0 Å². The average molecular weight is 248 g/mol. The lowest BCUT2D eigenvalue weighted by molar-refractivity contribution is -0.123. The Balaban J connectivity index is 1.60. The molecule has 0 aliphatic carbocycles. The molecule has 0 radical (unpaired) electrons. The van der Waals surface area contributed by atoms with Crippen molar-refractivity contribution in [3.63, 3.8) is 0 Å². The molecule has 3 N–H and O–H groups in total.